The van der Waals surface area contributed by atoms with Gasteiger partial charge >= 0.3 is 4.83 Å². The smallest absolute Gasteiger partial charge is 0.330 e. The second-order valence-electron chi connectivity index (χ2n) is 3.80. The first-order valence-corrected chi connectivity index (χ1v) is 4.96. The second kappa shape index (κ2) is 4.66. The number of rotatable bonds is 5. The van der Waals surface area contributed by atoms with Crippen LogP contribution >= 0.6 is 15.9 Å². The Morgan fingerprint density at radius 3 is 2.23 bits per heavy atom. The van der Waals surface area contributed by atoms with Crippen molar-refractivity contribution in [2.24, 2.45) is 5.92 Å². The normalized spacial score (nSPS) is 17.5. The third-order valence-corrected chi connectivity index (χ3v) is 2.49. The summed E-state index contributed by atoms with van der Waals surface area (Å²) in [6.07, 6.45) is 0. The van der Waals surface area contributed by atoms with Gasteiger partial charge in [0.2, 0.25) is 0 Å². The Morgan fingerprint density at radius 2 is 1.92 bits per heavy atom. The minimum Gasteiger partial charge on any atom is -0.382 e. The first kappa shape index (κ1) is 13.3. The minimum absolute atomic E-state index is 0.135. The third kappa shape index (κ3) is 4.88. The monoisotopic (exact) mass is 259 g/mol. The van der Waals surface area contributed by atoms with Gasteiger partial charge in [-0.15, -0.1) is 0 Å². The van der Waals surface area contributed by atoms with Gasteiger partial charge in [0.05, 0.1) is 0 Å². The molecule has 2 nitrogen and oxygen atoms in total. The number of halogens is 3. The lowest BCUT2D eigenvalue weighted by atomic mass is 10.1. The van der Waals surface area contributed by atoms with Crippen molar-refractivity contribution in [1.29, 1.82) is 0 Å². The predicted molar refractivity (Wildman–Crippen MR) is 52.2 cm³/mol. The van der Waals surface area contributed by atoms with Gasteiger partial charge in [-0.25, -0.2) is 0 Å². The van der Waals surface area contributed by atoms with Gasteiger partial charge in [-0.2, -0.15) is 8.78 Å². The fraction of sp³-hybridized carbons (Fsp3) is 1.00. The van der Waals surface area contributed by atoms with Crippen LogP contribution in [0.1, 0.15) is 20.8 Å². The molecule has 0 aliphatic rings. The molecule has 0 heterocycles. The van der Waals surface area contributed by atoms with Gasteiger partial charge < -0.3 is 10.4 Å². The van der Waals surface area contributed by atoms with Gasteiger partial charge in [-0.05, 0) is 35.3 Å². The number of alkyl halides is 3. The molecular weight excluding hydrogens is 244 g/mol. The molecule has 0 spiro atoms. The van der Waals surface area contributed by atoms with Crippen molar-refractivity contribution in [3.63, 3.8) is 0 Å². The molecule has 0 aromatic heterocycles. The van der Waals surface area contributed by atoms with Crippen LogP contribution in [-0.4, -0.2) is 28.6 Å². The Bertz CT molecular complexity index is 157. The molecule has 0 aromatic rings. The summed E-state index contributed by atoms with van der Waals surface area (Å²) in [6, 6.07) is 0. The van der Waals surface area contributed by atoms with Gasteiger partial charge in [0.15, 0.2) is 0 Å². The van der Waals surface area contributed by atoms with Crippen molar-refractivity contribution in [2.75, 3.05) is 13.1 Å². The molecular formula is C8H16BrF2NO. The Morgan fingerprint density at radius 1 is 1.46 bits per heavy atom. The Kier molecular flexibility index (Phi) is 4.76. The number of aliphatic hydroxyl groups is 1. The van der Waals surface area contributed by atoms with Gasteiger partial charge in [-0.3, -0.25) is 0 Å². The van der Waals surface area contributed by atoms with Crippen LogP contribution in [0.5, 0.6) is 0 Å². The standard InChI is InChI=1S/C8H16BrF2NO/c1-6(2)4-12-5-7(3,13)8(9,10)11/h6,12-13H,4-5H2,1-3H3. The summed E-state index contributed by atoms with van der Waals surface area (Å²) in [6.45, 7) is 5.50. The molecule has 0 amide bonds. The molecule has 0 fully saturated rings. The maximum absolute atomic E-state index is 12.7. The van der Waals surface area contributed by atoms with Gasteiger partial charge in [0.25, 0.3) is 0 Å². The summed E-state index contributed by atoms with van der Waals surface area (Å²) in [5, 5.41) is 12.1. The molecule has 0 aliphatic heterocycles. The topological polar surface area (TPSA) is 32.3 Å². The number of hydrogen-bond donors (Lipinski definition) is 2. The van der Waals surface area contributed by atoms with Crippen LogP contribution in [0.15, 0.2) is 0 Å². The van der Waals surface area contributed by atoms with Crippen LogP contribution in [0.3, 0.4) is 0 Å². The highest BCUT2D eigenvalue weighted by Crippen LogP contribution is 2.34. The Balaban J connectivity index is 3.90. The van der Waals surface area contributed by atoms with E-state index >= 15 is 0 Å². The molecule has 0 saturated heterocycles. The summed E-state index contributed by atoms with van der Waals surface area (Å²) < 4.78 is 25.3. The van der Waals surface area contributed by atoms with Crippen LogP contribution in [0.25, 0.3) is 0 Å². The van der Waals surface area contributed by atoms with Gasteiger partial charge in [0.1, 0.15) is 5.60 Å². The van der Waals surface area contributed by atoms with Crippen LogP contribution in [0.2, 0.25) is 0 Å². The van der Waals surface area contributed by atoms with Crippen molar-refractivity contribution in [3.8, 4) is 0 Å². The maximum Gasteiger partial charge on any atom is 0.330 e. The van der Waals surface area contributed by atoms with Gasteiger partial charge in [-0.1, -0.05) is 13.8 Å². The second-order valence-corrected chi connectivity index (χ2v) is 4.79. The largest absolute Gasteiger partial charge is 0.382 e. The lowest BCUT2D eigenvalue weighted by molar-refractivity contribution is -0.101. The average Bonchev–Trinajstić information content (AvgIpc) is 1.82. The maximum atomic E-state index is 12.7. The third-order valence-electron chi connectivity index (χ3n) is 1.63. The average molecular weight is 260 g/mol. The summed E-state index contributed by atoms with van der Waals surface area (Å²) in [5.74, 6) is 0.375. The fourth-order valence-corrected chi connectivity index (χ4v) is 0.845. The molecule has 80 valence electrons. The lowest BCUT2D eigenvalue weighted by Crippen LogP contribution is -2.49. The zero-order chi connectivity index (χ0) is 10.7. The van der Waals surface area contributed by atoms with Crippen molar-refractivity contribution in [2.45, 2.75) is 31.2 Å². The zero-order valence-electron chi connectivity index (χ0n) is 8.07. The van der Waals surface area contributed by atoms with E-state index in [0.717, 1.165) is 6.92 Å². The Hall–Kier alpha value is 0.260. The molecule has 0 radical (unpaired) electrons. The summed E-state index contributed by atoms with van der Waals surface area (Å²) >= 11 is 2.14. The fourth-order valence-electron chi connectivity index (χ4n) is 0.704. The van der Waals surface area contributed by atoms with Crippen molar-refractivity contribution in [1.82, 2.24) is 5.32 Å². The first-order chi connectivity index (χ1) is 5.67. The van der Waals surface area contributed by atoms with Crippen LogP contribution in [0, 0.1) is 5.92 Å². The molecule has 0 saturated carbocycles. The van der Waals surface area contributed by atoms with E-state index in [1.165, 1.54) is 0 Å². The molecule has 0 rings (SSSR count). The molecule has 5 heteroatoms. The van der Waals surface area contributed by atoms with Crippen molar-refractivity contribution in [3.05, 3.63) is 0 Å². The van der Waals surface area contributed by atoms with E-state index in [-0.39, 0.29) is 6.54 Å². The van der Waals surface area contributed by atoms with E-state index in [2.05, 4.69) is 21.2 Å². The molecule has 0 aromatic carbocycles. The van der Waals surface area contributed by atoms with Crippen LogP contribution < -0.4 is 5.32 Å². The molecule has 2 N–H and O–H groups in total. The van der Waals surface area contributed by atoms with Crippen molar-refractivity contribution >= 4 is 15.9 Å². The highest BCUT2D eigenvalue weighted by Gasteiger charge is 2.46. The Labute approximate surface area is 85.8 Å². The molecule has 0 bridgehead atoms. The van der Waals surface area contributed by atoms with E-state index in [9.17, 15) is 13.9 Å². The molecule has 1 atom stereocenters. The molecule has 0 aliphatic carbocycles. The zero-order valence-corrected chi connectivity index (χ0v) is 9.66. The van der Waals surface area contributed by atoms with Crippen LogP contribution in [-0.2, 0) is 0 Å². The van der Waals surface area contributed by atoms with E-state index in [1.807, 2.05) is 13.8 Å². The highest BCUT2D eigenvalue weighted by molar-refractivity contribution is 9.10. The summed E-state index contributed by atoms with van der Waals surface area (Å²) in [7, 11) is 0. The van der Waals surface area contributed by atoms with E-state index in [4.69, 9.17) is 0 Å². The predicted octanol–water partition coefficient (Wildman–Crippen LogP) is 1.97. The van der Waals surface area contributed by atoms with E-state index in [1.54, 1.807) is 0 Å². The van der Waals surface area contributed by atoms with Gasteiger partial charge in [0, 0.05) is 6.54 Å². The minimum atomic E-state index is -3.26. The number of nitrogens with one attached hydrogen (secondary N) is 1. The van der Waals surface area contributed by atoms with Crippen molar-refractivity contribution < 1.29 is 13.9 Å². The number of hydrogen-bond acceptors (Lipinski definition) is 2. The highest BCUT2D eigenvalue weighted by atomic mass is 79.9. The van der Waals surface area contributed by atoms with Crippen LogP contribution in [0.4, 0.5) is 8.78 Å². The first-order valence-electron chi connectivity index (χ1n) is 4.16. The molecule has 1 unspecified atom stereocenters. The van der Waals surface area contributed by atoms with E-state index in [0.29, 0.717) is 12.5 Å². The lowest BCUT2D eigenvalue weighted by Gasteiger charge is -2.28. The van der Waals surface area contributed by atoms with E-state index < -0.39 is 10.4 Å². The molecule has 13 heavy (non-hydrogen) atoms. The summed E-state index contributed by atoms with van der Waals surface area (Å²) in [4.78, 5) is -3.26. The summed E-state index contributed by atoms with van der Waals surface area (Å²) in [5.41, 5.74) is -2.05. The quantitative estimate of drug-likeness (QED) is 0.741. The SMILES string of the molecule is CC(C)CNCC(C)(O)C(F)(F)Br.